The third-order valence-electron chi connectivity index (χ3n) is 7.30. The maximum Gasteiger partial charge on any atom is 0.307 e. The Balaban J connectivity index is 1.37. The van der Waals surface area contributed by atoms with Crippen molar-refractivity contribution in [3.05, 3.63) is 65.2 Å². The van der Waals surface area contributed by atoms with E-state index in [1.165, 1.54) is 0 Å². The molecule has 5 N–H and O–H groups in total. The number of hydrogen-bond donors (Lipinski definition) is 5. The van der Waals surface area contributed by atoms with Gasteiger partial charge in [-0.25, -0.2) is 0 Å². The summed E-state index contributed by atoms with van der Waals surface area (Å²) in [5.41, 5.74) is 4.11. The molecule has 0 spiro atoms. The van der Waals surface area contributed by atoms with Crippen LogP contribution in [0.15, 0.2) is 48.5 Å². The monoisotopic (exact) mass is 465 g/mol. The van der Waals surface area contributed by atoms with Crippen LogP contribution in [0.3, 0.4) is 0 Å². The van der Waals surface area contributed by atoms with Crippen LogP contribution in [0.2, 0.25) is 0 Å². The molecule has 2 fully saturated rings. The fourth-order valence-electron chi connectivity index (χ4n) is 5.34. The van der Waals surface area contributed by atoms with E-state index in [9.17, 15) is 19.8 Å². The maximum absolute atomic E-state index is 11.8. The molecule has 34 heavy (non-hydrogen) atoms. The molecule has 2 saturated heterocycles. The van der Waals surface area contributed by atoms with E-state index in [1.807, 2.05) is 42.5 Å². The van der Waals surface area contributed by atoms with Gasteiger partial charge in [0, 0.05) is 12.2 Å². The third-order valence-corrected chi connectivity index (χ3v) is 7.30. The first kappa shape index (κ1) is 24.2. The topological polar surface area (TPSA) is 111 Å². The van der Waals surface area contributed by atoms with Crippen LogP contribution in [0.5, 0.6) is 0 Å². The van der Waals surface area contributed by atoms with Crippen LogP contribution in [0.4, 0.5) is 5.69 Å². The third kappa shape index (κ3) is 6.36. The predicted octanol–water partition coefficient (Wildman–Crippen LogP) is 3.00. The van der Waals surface area contributed by atoms with E-state index in [-0.39, 0.29) is 23.7 Å². The van der Waals surface area contributed by atoms with Gasteiger partial charge in [-0.2, -0.15) is 0 Å². The minimum Gasteiger partial charge on any atom is -0.481 e. The Morgan fingerprint density at radius 2 is 1.35 bits per heavy atom. The number of aliphatic carboxylic acids is 2. The molecule has 0 saturated carbocycles. The van der Waals surface area contributed by atoms with Crippen molar-refractivity contribution in [1.29, 1.82) is 0 Å². The Morgan fingerprint density at radius 1 is 0.824 bits per heavy atom. The van der Waals surface area contributed by atoms with E-state index < -0.39 is 11.9 Å². The molecule has 0 aliphatic carbocycles. The zero-order valence-corrected chi connectivity index (χ0v) is 19.5. The minimum atomic E-state index is -0.725. The second-order valence-corrected chi connectivity index (χ2v) is 9.68. The predicted molar refractivity (Wildman–Crippen MR) is 132 cm³/mol. The van der Waals surface area contributed by atoms with Crippen molar-refractivity contribution < 1.29 is 19.8 Å². The lowest BCUT2D eigenvalue weighted by Gasteiger charge is -2.19. The highest BCUT2D eigenvalue weighted by Crippen LogP contribution is 2.26. The highest BCUT2D eigenvalue weighted by Gasteiger charge is 2.31. The van der Waals surface area contributed by atoms with Gasteiger partial charge in [0.2, 0.25) is 0 Å². The van der Waals surface area contributed by atoms with Crippen molar-refractivity contribution in [3.63, 3.8) is 0 Å². The van der Waals surface area contributed by atoms with Gasteiger partial charge in [0.05, 0.1) is 11.8 Å². The van der Waals surface area contributed by atoms with Gasteiger partial charge in [-0.15, -0.1) is 0 Å². The molecule has 0 unspecified atom stereocenters. The summed E-state index contributed by atoms with van der Waals surface area (Å²) in [5.74, 6) is -1.84. The average molecular weight is 466 g/mol. The number of nitrogens with one attached hydrogen (secondary N) is 3. The normalized spacial score (nSPS) is 21.8. The van der Waals surface area contributed by atoms with Gasteiger partial charge in [0.1, 0.15) is 0 Å². The average Bonchev–Trinajstić information content (AvgIpc) is 3.55. The fraction of sp³-hybridized carbons (Fsp3) is 0.481. The van der Waals surface area contributed by atoms with Crippen molar-refractivity contribution in [3.8, 4) is 0 Å². The second-order valence-electron chi connectivity index (χ2n) is 9.68. The van der Waals surface area contributed by atoms with E-state index >= 15 is 0 Å². The molecule has 4 rings (SSSR count). The van der Waals surface area contributed by atoms with Gasteiger partial charge in [-0.1, -0.05) is 36.4 Å². The molecule has 182 valence electrons. The summed E-state index contributed by atoms with van der Waals surface area (Å²) in [6.07, 6.45) is 2.89. The summed E-state index contributed by atoms with van der Waals surface area (Å²) in [6, 6.07) is 16.1. The Morgan fingerprint density at radius 3 is 1.88 bits per heavy atom. The summed E-state index contributed by atoms with van der Waals surface area (Å²) in [4.78, 5) is 23.7. The van der Waals surface area contributed by atoms with E-state index in [1.54, 1.807) is 0 Å². The highest BCUT2D eigenvalue weighted by atomic mass is 16.4. The number of hydrogen-bond acceptors (Lipinski definition) is 5. The summed E-state index contributed by atoms with van der Waals surface area (Å²) >= 11 is 0. The van der Waals surface area contributed by atoms with Gasteiger partial charge in [-0.3, -0.25) is 9.59 Å². The molecule has 2 heterocycles. The summed E-state index contributed by atoms with van der Waals surface area (Å²) in [7, 11) is 0. The Labute approximate surface area is 201 Å². The Bertz CT molecular complexity index is 904. The summed E-state index contributed by atoms with van der Waals surface area (Å²) in [5, 5.41) is 29.4. The molecule has 0 amide bonds. The van der Waals surface area contributed by atoms with Crippen LogP contribution >= 0.6 is 0 Å². The number of carboxylic acid groups (broad SMARTS) is 2. The number of carboxylic acids is 2. The summed E-state index contributed by atoms with van der Waals surface area (Å²) < 4.78 is 0. The first-order chi connectivity index (χ1) is 16.5. The molecule has 2 aromatic rings. The van der Waals surface area contributed by atoms with Crippen molar-refractivity contribution in [2.24, 2.45) is 23.7 Å². The van der Waals surface area contributed by atoms with Crippen LogP contribution in [0, 0.1) is 23.7 Å². The quantitative estimate of drug-likeness (QED) is 0.347. The Kier molecular flexibility index (Phi) is 8.19. The minimum absolute atomic E-state index is 0.173. The van der Waals surface area contributed by atoms with Gasteiger partial charge >= 0.3 is 11.9 Å². The van der Waals surface area contributed by atoms with Crippen molar-refractivity contribution >= 4 is 17.6 Å². The van der Waals surface area contributed by atoms with E-state index in [4.69, 9.17) is 0 Å². The summed E-state index contributed by atoms with van der Waals surface area (Å²) in [6.45, 7) is 3.94. The van der Waals surface area contributed by atoms with Gasteiger partial charge in [0.25, 0.3) is 0 Å². The molecule has 2 aliphatic rings. The van der Waals surface area contributed by atoms with Gasteiger partial charge in [-0.05, 0) is 92.5 Å². The molecule has 0 aromatic heterocycles. The lowest BCUT2D eigenvalue weighted by atomic mass is 9.86. The van der Waals surface area contributed by atoms with Crippen LogP contribution in [0.25, 0.3) is 0 Å². The van der Waals surface area contributed by atoms with Crippen molar-refractivity contribution in [2.75, 3.05) is 31.5 Å². The number of benzene rings is 2. The SMILES string of the molecule is O=C(O)[C@@H](Cc1cccc(CNc2cccc(C[C@H](C(=O)O)[C@H]3CCNC3)c2)c1)[C@H]1CCNC1. The zero-order valence-electron chi connectivity index (χ0n) is 19.5. The molecule has 2 aliphatic heterocycles. The number of carbonyl (C=O) groups is 2. The fourth-order valence-corrected chi connectivity index (χ4v) is 5.34. The van der Waals surface area contributed by atoms with Crippen LogP contribution in [0.1, 0.15) is 29.5 Å². The van der Waals surface area contributed by atoms with E-state index in [0.717, 1.165) is 61.4 Å². The molecule has 0 radical (unpaired) electrons. The molecule has 4 atom stereocenters. The largest absolute Gasteiger partial charge is 0.481 e. The molecule has 0 bridgehead atoms. The lowest BCUT2D eigenvalue weighted by molar-refractivity contribution is -0.144. The van der Waals surface area contributed by atoms with Crippen LogP contribution in [-0.2, 0) is 29.0 Å². The van der Waals surface area contributed by atoms with Crippen LogP contribution in [-0.4, -0.2) is 48.3 Å². The molecule has 7 nitrogen and oxygen atoms in total. The first-order valence-corrected chi connectivity index (χ1v) is 12.3. The smallest absolute Gasteiger partial charge is 0.307 e. The molecular weight excluding hydrogens is 430 g/mol. The Hall–Kier alpha value is -2.90. The highest BCUT2D eigenvalue weighted by molar-refractivity contribution is 5.71. The van der Waals surface area contributed by atoms with Crippen molar-refractivity contribution in [1.82, 2.24) is 10.6 Å². The number of rotatable bonds is 11. The van der Waals surface area contributed by atoms with Gasteiger partial charge < -0.3 is 26.2 Å². The first-order valence-electron chi connectivity index (χ1n) is 12.3. The van der Waals surface area contributed by atoms with Gasteiger partial charge in [0.15, 0.2) is 0 Å². The lowest BCUT2D eigenvalue weighted by Crippen LogP contribution is -2.27. The van der Waals surface area contributed by atoms with E-state index in [2.05, 4.69) is 22.0 Å². The van der Waals surface area contributed by atoms with E-state index in [0.29, 0.717) is 19.4 Å². The zero-order chi connectivity index (χ0) is 23.9. The molecular formula is C27H35N3O4. The van der Waals surface area contributed by atoms with Crippen molar-refractivity contribution in [2.45, 2.75) is 32.2 Å². The molecule has 2 aromatic carbocycles. The van der Waals surface area contributed by atoms with Crippen LogP contribution < -0.4 is 16.0 Å². The maximum atomic E-state index is 11.8. The number of anilines is 1. The standard InChI is InChI=1S/C27H35N3O4/c31-26(32)24(21-7-9-28-16-21)13-18-3-1-5-20(11-18)15-30-23-6-2-4-19(12-23)14-25(27(33)34)22-8-10-29-17-22/h1-6,11-12,21-22,24-25,28-30H,7-10,13-17H2,(H,31,32)(H,33,34)/t21-,22-,24-,25-/m0/s1. The molecule has 7 heteroatoms. The second kappa shape index (κ2) is 11.5.